The topological polar surface area (TPSA) is 89.9 Å². The number of aromatic nitrogens is 1. The monoisotopic (exact) mass is 377 g/mol. The van der Waals surface area contributed by atoms with Crippen LogP contribution in [0.5, 0.6) is 17.4 Å². The molecule has 0 unspecified atom stereocenters. The van der Waals surface area contributed by atoms with Crippen molar-refractivity contribution in [1.82, 2.24) is 10.5 Å². The van der Waals surface area contributed by atoms with Crippen LogP contribution < -0.4 is 10.2 Å². The molecule has 140 valence electrons. The lowest BCUT2D eigenvalue weighted by atomic mass is 10.1. The lowest BCUT2D eigenvalue weighted by Gasteiger charge is -2.09. The molecule has 0 aliphatic carbocycles. The van der Waals surface area contributed by atoms with Gasteiger partial charge in [0.2, 0.25) is 5.88 Å². The Kier molecular flexibility index (Phi) is 4.65. The fourth-order valence-corrected chi connectivity index (χ4v) is 2.84. The molecule has 0 atom stereocenters. The van der Waals surface area contributed by atoms with E-state index in [4.69, 9.17) is 4.74 Å². The van der Waals surface area contributed by atoms with Crippen LogP contribution in [0.4, 0.5) is 10.1 Å². The minimum Gasteiger partial charge on any atom is -0.508 e. The number of hydrogen-bond donors (Lipinski definition) is 4. The van der Waals surface area contributed by atoms with E-state index in [-0.39, 0.29) is 17.4 Å². The lowest BCUT2D eigenvalue weighted by molar-refractivity contribution is 0.235. The number of aromatic hydroxyl groups is 1. The second kappa shape index (κ2) is 7.42. The number of nitrogens with zero attached hydrogens (tertiary/aromatic N) is 1. The minimum absolute atomic E-state index is 0.116. The summed E-state index contributed by atoms with van der Waals surface area (Å²) in [5.41, 5.74) is 3.93. The zero-order chi connectivity index (χ0) is 19.5. The van der Waals surface area contributed by atoms with Gasteiger partial charge in [-0.3, -0.25) is 10.7 Å². The van der Waals surface area contributed by atoms with Gasteiger partial charge in [0.15, 0.2) is 5.84 Å². The largest absolute Gasteiger partial charge is 0.508 e. The molecule has 0 aliphatic heterocycles. The number of H-pyrrole nitrogens is 1. The Balaban J connectivity index is 1.83. The molecule has 3 aromatic carbocycles. The van der Waals surface area contributed by atoms with Crippen LogP contribution in [0, 0.1) is 5.82 Å². The van der Waals surface area contributed by atoms with Crippen molar-refractivity contribution in [2.75, 3.05) is 0 Å². The first-order chi connectivity index (χ1) is 13.6. The molecule has 4 aromatic rings. The molecule has 1 heterocycles. The smallest absolute Gasteiger partial charge is 0.209 e. The van der Waals surface area contributed by atoms with Crippen LogP contribution in [0.3, 0.4) is 0 Å². The van der Waals surface area contributed by atoms with Gasteiger partial charge in [0.05, 0.1) is 11.3 Å². The van der Waals surface area contributed by atoms with Crippen molar-refractivity contribution in [3.05, 3.63) is 84.2 Å². The highest BCUT2D eigenvalue weighted by molar-refractivity contribution is 6.12. The predicted octanol–water partition coefficient (Wildman–Crippen LogP) is 4.86. The van der Waals surface area contributed by atoms with E-state index in [0.717, 1.165) is 10.9 Å². The summed E-state index contributed by atoms with van der Waals surface area (Å²) in [5, 5.41) is 20.0. The quantitative estimate of drug-likeness (QED) is 0.232. The fraction of sp³-hybridized carbons (Fsp3) is 0. The zero-order valence-electron chi connectivity index (χ0n) is 14.6. The fourth-order valence-electron chi connectivity index (χ4n) is 2.84. The van der Waals surface area contributed by atoms with Gasteiger partial charge in [-0.15, -0.1) is 0 Å². The molecule has 0 spiro atoms. The molecule has 6 nitrogen and oxygen atoms in total. The Morgan fingerprint density at radius 2 is 1.68 bits per heavy atom. The first kappa shape index (κ1) is 17.6. The van der Waals surface area contributed by atoms with Crippen molar-refractivity contribution >= 4 is 22.4 Å². The van der Waals surface area contributed by atoms with Gasteiger partial charge in [0.1, 0.15) is 17.3 Å². The second-order valence-corrected chi connectivity index (χ2v) is 6.02. The van der Waals surface area contributed by atoms with E-state index in [0.29, 0.717) is 22.9 Å². The van der Waals surface area contributed by atoms with Gasteiger partial charge >= 0.3 is 0 Å². The second-order valence-electron chi connectivity index (χ2n) is 6.02. The molecule has 7 heteroatoms. The summed E-state index contributed by atoms with van der Waals surface area (Å²) in [7, 11) is 0. The van der Waals surface area contributed by atoms with Gasteiger partial charge in [-0.05, 0) is 54.6 Å². The summed E-state index contributed by atoms with van der Waals surface area (Å²) in [6.45, 7) is 0. The summed E-state index contributed by atoms with van der Waals surface area (Å²) in [6.07, 6.45) is 0. The molecule has 0 saturated carbocycles. The van der Waals surface area contributed by atoms with Crippen LogP contribution in [-0.2, 0) is 0 Å². The van der Waals surface area contributed by atoms with Crippen LogP contribution in [0.25, 0.3) is 10.9 Å². The highest BCUT2D eigenvalue weighted by Crippen LogP contribution is 2.32. The minimum atomic E-state index is -0.365. The molecular weight excluding hydrogens is 361 g/mol. The molecule has 0 amide bonds. The van der Waals surface area contributed by atoms with Crippen LogP contribution in [0.1, 0.15) is 5.56 Å². The van der Waals surface area contributed by atoms with E-state index in [1.807, 2.05) is 24.3 Å². The molecular formula is C21H16FN3O3. The van der Waals surface area contributed by atoms with Crippen molar-refractivity contribution in [1.29, 1.82) is 0 Å². The van der Waals surface area contributed by atoms with Crippen LogP contribution >= 0.6 is 0 Å². The van der Waals surface area contributed by atoms with Crippen LogP contribution in [0.2, 0.25) is 0 Å². The van der Waals surface area contributed by atoms with Crippen molar-refractivity contribution in [2.24, 2.45) is 4.99 Å². The van der Waals surface area contributed by atoms with Gasteiger partial charge in [0.25, 0.3) is 0 Å². The van der Waals surface area contributed by atoms with Gasteiger partial charge < -0.3 is 14.8 Å². The number of phenols is 1. The zero-order valence-corrected chi connectivity index (χ0v) is 14.6. The standard InChI is InChI=1S/C21H16FN3O3/c22-13-5-11-16(12-6-13)28-21-19(17-3-1-2-4-18(17)24-21)20(25-27)23-14-7-9-15(26)10-8-14/h1-12,24,26-27H,(H,23,25). The number of hydroxylamine groups is 1. The number of benzene rings is 3. The third-order valence-electron chi connectivity index (χ3n) is 4.14. The number of nitrogens with one attached hydrogen (secondary N) is 2. The van der Waals surface area contributed by atoms with Gasteiger partial charge in [-0.2, -0.15) is 0 Å². The molecule has 0 fully saturated rings. The number of halogens is 1. The summed E-state index contributed by atoms with van der Waals surface area (Å²) in [5.74, 6) is 0.670. The van der Waals surface area contributed by atoms with Crippen molar-refractivity contribution < 1.29 is 19.4 Å². The Morgan fingerprint density at radius 1 is 0.964 bits per heavy atom. The Morgan fingerprint density at radius 3 is 2.39 bits per heavy atom. The van der Waals surface area contributed by atoms with E-state index >= 15 is 0 Å². The molecule has 1 aromatic heterocycles. The number of aliphatic imine (C=N–C) groups is 1. The Hall–Kier alpha value is -3.84. The molecule has 4 rings (SSSR count). The average Bonchev–Trinajstić information content (AvgIpc) is 3.07. The number of aromatic amines is 1. The SMILES string of the molecule is ONC(=Nc1ccc(O)cc1)c1c(Oc2ccc(F)cc2)[nH]c2ccccc12. The van der Waals surface area contributed by atoms with Gasteiger partial charge in [-0.1, -0.05) is 18.2 Å². The van der Waals surface area contributed by atoms with Crippen molar-refractivity contribution in [3.63, 3.8) is 0 Å². The average molecular weight is 377 g/mol. The van der Waals surface area contributed by atoms with Crippen LogP contribution in [-0.4, -0.2) is 21.1 Å². The number of para-hydroxylation sites is 1. The molecule has 0 aliphatic rings. The first-order valence-electron chi connectivity index (χ1n) is 8.46. The number of ether oxygens (including phenoxy) is 1. The van der Waals surface area contributed by atoms with Gasteiger partial charge in [0, 0.05) is 10.9 Å². The first-order valence-corrected chi connectivity index (χ1v) is 8.46. The highest BCUT2D eigenvalue weighted by Gasteiger charge is 2.19. The maximum Gasteiger partial charge on any atom is 0.209 e. The third-order valence-corrected chi connectivity index (χ3v) is 4.14. The van der Waals surface area contributed by atoms with Crippen LogP contribution in [0.15, 0.2) is 77.8 Å². The third kappa shape index (κ3) is 3.51. The van der Waals surface area contributed by atoms with E-state index in [1.54, 1.807) is 12.1 Å². The molecule has 0 saturated heterocycles. The van der Waals surface area contributed by atoms with Crippen molar-refractivity contribution in [3.8, 4) is 17.4 Å². The predicted molar refractivity (Wildman–Crippen MR) is 104 cm³/mol. The molecule has 28 heavy (non-hydrogen) atoms. The highest BCUT2D eigenvalue weighted by atomic mass is 19.1. The van der Waals surface area contributed by atoms with E-state index in [2.05, 4.69) is 15.5 Å². The maximum absolute atomic E-state index is 13.2. The summed E-state index contributed by atoms with van der Waals surface area (Å²) in [4.78, 5) is 7.56. The van der Waals surface area contributed by atoms with E-state index in [1.165, 1.54) is 36.4 Å². The summed E-state index contributed by atoms with van der Waals surface area (Å²) >= 11 is 0. The Bertz CT molecular complexity index is 1140. The number of fused-ring (bicyclic) bond motifs is 1. The summed E-state index contributed by atoms with van der Waals surface area (Å²) < 4.78 is 19.1. The molecule has 0 radical (unpaired) electrons. The maximum atomic E-state index is 13.2. The number of phenolic OH excluding ortho intramolecular Hbond substituents is 1. The van der Waals surface area contributed by atoms with Crippen molar-refractivity contribution in [2.45, 2.75) is 0 Å². The number of hydrogen-bond acceptors (Lipinski definition) is 4. The molecule has 4 N–H and O–H groups in total. The summed E-state index contributed by atoms with van der Waals surface area (Å²) in [6, 6.07) is 19.3. The van der Waals surface area contributed by atoms with Gasteiger partial charge in [-0.25, -0.2) is 9.38 Å². The number of rotatable bonds is 4. The molecule has 0 bridgehead atoms. The lowest BCUT2D eigenvalue weighted by Crippen LogP contribution is -2.20. The van der Waals surface area contributed by atoms with E-state index in [9.17, 15) is 14.7 Å². The Labute approximate surface area is 159 Å². The van der Waals surface area contributed by atoms with E-state index < -0.39 is 0 Å². The normalized spacial score (nSPS) is 11.6. The number of amidine groups is 1.